The lowest BCUT2D eigenvalue weighted by molar-refractivity contribution is -0.140. The largest absolute Gasteiger partial charge is 0.497 e. The molecule has 1 saturated heterocycles. The lowest BCUT2D eigenvalue weighted by Crippen LogP contribution is -2.49. The van der Waals surface area contributed by atoms with E-state index in [0.717, 1.165) is 22.6 Å². The maximum Gasteiger partial charge on any atom is 0.322 e. The molecule has 1 fully saturated rings. The predicted molar refractivity (Wildman–Crippen MR) is 132 cm³/mol. The lowest BCUT2D eigenvalue weighted by Gasteiger charge is -2.34. The second-order valence-corrected chi connectivity index (χ2v) is 10.3. The first-order valence-corrected chi connectivity index (χ1v) is 13.0. The van der Waals surface area contributed by atoms with E-state index < -0.39 is 22.0 Å². The highest BCUT2D eigenvalue weighted by Gasteiger charge is 2.35. The fourth-order valence-corrected chi connectivity index (χ4v) is 5.62. The minimum absolute atomic E-state index is 0.0357. The van der Waals surface area contributed by atoms with Crippen molar-refractivity contribution < 1.29 is 23.1 Å². The number of likely N-dealkylation sites (tertiary alicyclic amines) is 1. The zero-order chi connectivity index (χ0) is 24.8. The van der Waals surface area contributed by atoms with E-state index in [-0.39, 0.29) is 10.8 Å². The molecule has 0 bridgehead atoms. The molecule has 0 saturated carbocycles. The molecule has 2 aromatic carbocycles. The van der Waals surface area contributed by atoms with Crippen molar-refractivity contribution in [3.05, 3.63) is 78.6 Å². The van der Waals surface area contributed by atoms with Crippen LogP contribution >= 0.6 is 0 Å². The molecule has 184 valence electrons. The number of ether oxygens (including phenoxy) is 1. The number of nitrogens with one attached hydrogen (secondary N) is 1. The van der Waals surface area contributed by atoms with Gasteiger partial charge in [0.2, 0.25) is 10.0 Å². The number of hydrogen-bond acceptors (Lipinski definition) is 6. The summed E-state index contributed by atoms with van der Waals surface area (Å²) in [5, 5.41) is 9.81. The monoisotopic (exact) mass is 495 g/mol. The van der Waals surface area contributed by atoms with Gasteiger partial charge in [-0.15, -0.1) is 0 Å². The number of methoxy groups -OCH3 is 1. The summed E-state index contributed by atoms with van der Waals surface area (Å²) in [5.41, 5.74) is 2.73. The van der Waals surface area contributed by atoms with Crippen LogP contribution in [0.1, 0.15) is 18.5 Å². The quantitative estimate of drug-likeness (QED) is 0.468. The number of nitrogens with zero attached hydrogens (tertiary/aromatic N) is 2. The topological polar surface area (TPSA) is 109 Å². The highest BCUT2D eigenvalue weighted by atomic mass is 32.2. The van der Waals surface area contributed by atoms with E-state index in [9.17, 15) is 18.3 Å². The molecule has 4 rings (SSSR count). The van der Waals surface area contributed by atoms with Crippen LogP contribution in [0.4, 0.5) is 0 Å². The first-order chi connectivity index (χ1) is 16.9. The average Bonchev–Trinajstić information content (AvgIpc) is 2.88. The maximum atomic E-state index is 13.0. The number of pyridine rings is 1. The minimum Gasteiger partial charge on any atom is -0.497 e. The van der Waals surface area contributed by atoms with Crippen LogP contribution in [0.2, 0.25) is 0 Å². The second kappa shape index (κ2) is 11.0. The number of piperidine rings is 1. The molecule has 1 aromatic heterocycles. The third-order valence-electron chi connectivity index (χ3n) is 6.35. The smallest absolute Gasteiger partial charge is 0.322 e. The minimum atomic E-state index is -4.00. The van der Waals surface area contributed by atoms with Gasteiger partial charge in [0.15, 0.2) is 0 Å². The van der Waals surface area contributed by atoms with Crippen molar-refractivity contribution in [1.82, 2.24) is 14.6 Å². The number of sulfonamides is 1. The molecule has 8 nitrogen and oxygen atoms in total. The van der Waals surface area contributed by atoms with Gasteiger partial charge in [-0.05, 0) is 79.4 Å². The molecule has 0 aliphatic carbocycles. The molecular formula is C26H29N3O5S. The van der Waals surface area contributed by atoms with Crippen LogP contribution in [0, 0.1) is 5.92 Å². The average molecular weight is 496 g/mol. The third kappa shape index (κ3) is 6.25. The van der Waals surface area contributed by atoms with E-state index in [1.165, 1.54) is 12.1 Å². The number of aromatic nitrogens is 1. The van der Waals surface area contributed by atoms with Crippen LogP contribution in [0.25, 0.3) is 11.1 Å². The summed E-state index contributed by atoms with van der Waals surface area (Å²) in [5.74, 6) is -0.716. The van der Waals surface area contributed by atoms with Crippen LogP contribution in [0.15, 0.2) is 77.8 Å². The van der Waals surface area contributed by atoms with Gasteiger partial charge in [0.05, 0.1) is 17.7 Å². The molecule has 3 aromatic rings. The summed E-state index contributed by atoms with van der Waals surface area (Å²) in [7, 11) is -2.41. The molecule has 1 aliphatic rings. The zero-order valence-corrected chi connectivity index (χ0v) is 20.3. The first-order valence-electron chi connectivity index (χ1n) is 11.5. The van der Waals surface area contributed by atoms with Gasteiger partial charge in [-0.2, -0.15) is 4.72 Å². The van der Waals surface area contributed by atoms with Crippen LogP contribution < -0.4 is 9.46 Å². The standard InChI is InChI=1S/C26H29N3O5S/c1-34-23-9-5-19(6-10-23)20-7-11-24(12-8-20)35(32,33)28-25(26(30)31)21-13-16-29(17-14-21)18-22-4-2-3-15-27-22/h2-12,15,21,25,28H,13-14,16-18H2,1H3,(H,30,31). The van der Waals surface area contributed by atoms with Crippen molar-refractivity contribution in [3.8, 4) is 16.9 Å². The fraction of sp³-hybridized carbons (Fsp3) is 0.308. The van der Waals surface area contributed by atoms with Gasteiger partial charge < -0.3 is 9.84 Å². The van der Waals surface area contributed by atoms with Gasteiger partial charge >= 0.3 is 5.97 Å². The van der Waals surface area contributed by atoms with Gasteiger partial charge in [0.1, 0.15) is 11.8 Å². The van der Waals surface area contributed by atoms with Crippen molar-refractivity contribution in [2.75, 3.05) is 20.2 Å². The Kier molecular flexibility index (Phi) is 7.80. The van der Waals surface area contributed by atoms with Crippen LogP contribution in [0.5, 0.6) is 5.75 Å². The van der Waals surface area contributed by atoms with E-state index >= 15 is 0 Å². The highest BCUT2D eigenvalue weighted by Crippen LogP contribution is 2.26. The van der Waals surface area contributed by atoms with E-state index in [2.05, 4.69) is 14.6 Å². The Labute approximate surface area is 205 Å². The lowest BCUT2D eigenvalue weighted by atomic mass is 9.90. The summed E-state index contributed by atoms with van der Waals surface area (Å²) < 4.78 is 33.6. The molecular weight excluding hydrogens is 466 g/mol. The molecule has 0 radical (unpaired) electrons. The SMILES string of the molecule is COc1ccc(-c2ccc(S(=O)(=O)NC(C(=O)O)C3CCN(Cc4ccccn4)CC3)cc2)cc1. The number of carbonyl (C=O) groups is 1. The summed E-state index contributed by atoms with van der Waals surface area (Å²) in [4.78, 5) is 18.6. The van der Waals surface area contributed by atoms with Crippen molar-refractivity contribution in [2.45, 2.75) is 30.3 Å². The number of carboxylic acid groups (broad SMARTS) is 1. The third-order valence-corrected chi connectivity index (χ3v) is 7.81. The first kappa shape index (κ1) is 24.8. The summed E-state index contributed by atoms with van der Waals surface area (Å²) in [6.45, 7) is 2.06. The Morgan fingerprint density at radius 3 is 2.23 bits per heavy atom. The van der Waals surface area contributed by atoms with Crippen LogP contribution in [-0.4, -0.2) is 55.6 Å². The fourth-order valence-electron chi connectivity index (χ4n) is 4.36. The maximum absolute atomic E-state index is 13.0. The molecule has 0 amide bonds. The Morgan fingerprint density at radius 1 is 1.06 bits per heavy atom. The van der Waals surface area contributed by atoms with Crippen molar-refractivity contribution in [1.29, 1.82) is 0 Å². The van der Waals surface area contributed by atoms with E-state index in [1.54, 1.807) is 25.4 Å². The zero-order valence-electron chi connectivity index (χ0n) is 19.5. The van der Waals surface area contributed by atoms with E-state index in [0.29, 0.717) is 32.5 Å². The molecule has 1 atom stereocenters. The van der Waals surface area contributed by atoms with Gasteiger partial charge in [0.25, 0.3) is 0 Å². The van der Waals surface area contributed by atoms with E-state index in [4.69, 9.17) is 4.74 Å². The normalized spacial score (nSPS) is 16.0. The molecule has 35 heavy (non-hydrogen) atoms. The van der Waals surface area contributed by atoms with Crippen LogP contribution in [0.3, 0.4) is 0 Å². The summed E-state index contributed by atoms with van der Waals surface area (Å²) in [6.07, 6.45) is 2.92. The van der Waals surface area contributed by atoms with Crippen molar-refractivity contribution in [3.63, 3.8) is 0 Å². The number of hydrogen-bond donors (Lipinski definition) is 2. The van der Waals surface area contributed by atoms with E-state index in [1.807, 2.05) is 42.5 Å². The van der Waals surface area contributed by atoms with Gasteiger partial charge in [-0.1, -0.05) is 30.3 Å². The Balaban J connectivity index is 1.40. The molecule has 1 aliphatic heterocycles. The Hall–Kier alpha value is -3.27. The number of aliphatic carboxylic acids is 1. The second-order valence-electron chi connectivity index (χ2n) is 8.62. The van der Waals surface area contributed by atoms with Gasteiger partial charge in [-0.3, -0.25) is 14.7 Å². The van der Waals surface area contributed by atoms with Gasteiger partial charge in [-0.25, -0.2) is 8.42 Å². The summed E-state index contributed by atoms with van der Waals surface area (Å²) >= 11 is 0. The Morgan fingerprint density at radius 2 is 1.69 bits per heavy atom. The molecule has 0 spiro atoms. The molecule has 2 N–H and O–H groups in total. The summed E-state index contributed by atoms with van der Waals surface area (Å²) in [6, 6.07) is 18.4. The molecule has 9 heteroatoms. The van der Waals surface area contributed by atoms with Gasteiger partial charge in [0, 0.05) is 12.7 Å². The number of carboxylic acids is 1. The molecule has 2 heterocycles. The highest BCUT2D eigenvalue weighted by molar-refractivity contribution is 7.89. The molecule has 1 unspecified atom stereocenters. The number of benzene rings is 2. The predicted octanol–water partition coefficient (Wildman–Crippen LogP) is 3.40. The van der Waals surface area contributed by atoms with Crippen LogP contribution in [-0.2, 0) is 21.4 Å². The number of rotatable bonds is 9. The van der Waals surface area contributed by atoms with Crippen molar-refractivity contribution >= 4 is 16.0 Å². The Bertz CT molecular complexity index is 1220. The van der Waals surface area contributed by atoms with Crippen molar-refractivity contribution in [2.24, 2.45) is 5.92 Å².